The first-order chi connectivity index (χ1) is 9.59. The van der Waals surface area contributed by atoms with E-state index in [2.05, 4.69) is 10.3 Å². The van der Waals surface area contributed by atoms with Crippen molar-refractivity contribution < 1.29 is 5.11 Å². The average molecular weight is 311 g/mol. The molecule has 2 unspecified atom stereocenters. The molecule has 2 rings (SSSR count). The molecule has 0 bridgehead atoms. The zero-order chi connectivity index (χ0) is 14.5. The van der Waals surface area contributed by atoms with Gasteiger partial charge >= 0.3 is 0 Å². The lowest BCUT2D eigenvalue weighted by atomic mass is 10.1. The van der Waals surface area contributed by atoms with E-state index in [1.807, 2.05) is 25.1 Å². The molecule has 0 spiro atoms. The van der Waals surface area contributed by atoms with Crippen LogP contribution in [0.15, 0.2) is 42.6 Å². The summed E-state index contributed by atoms with van der Waals surface area (Å²) >= 11 is 12.1. The summed E-state index contributed by atoms with van der Waals surface area (Å²) in [6.07, 6.45) is 0.983. The van der Waals surface area contributed by atoms with Gasteiger partial charge in [-0.3, -0.25) is 4.98 Å². The monoisotopic (exact) mass is 310 g/mol. The van der Waals surface area contributed by atoms with Crippen LogP contribution in [0.5, 0.6) is 0 Å². The van der Waals surface area contributed by atoms with Crippen LogP contribution in [-0.4, -0.2) is 16.6 Å². The van der Waals surface area contributed by atoms with Crippen LogP contribution in [-0.2, 0) is 0 Å². The highest BCUT2D eigenvalue weighted by Crippen LogP contribution is 2.30. The van der Waals surface area contributed by atoms with E-state index >= 15 is 0 Å². The largest absolute Gasteiger partial charge is 0.387 e. The highest BCUT2D eigenvalue weighted by atomic mass is 35.5. The van der Waals surface area contributed by atoms with Crippen LogP contribution < -0.4 is 5.32 Å². The van der Waals surface area contributed by atoms with Gasteiger partial charge in [0.15, 0.2) is 0 Å². The molecule has 3 nitrogen and oxygen atoms in total. The lowest BCUT2D eigenvalue weighted by Crippen LogP contribution is -2.25. The van der Waals surface area contributed by atoms with E-state index in [4.69, 9.17) is 23.2 Å². The molecule has 0 saturated heterocycles. The summed E-state index contributed by atoms with van der Waals surface area (Å²) in [5, 5.41) is 14.4. The second-order valence-electron chi connectivity index (χ2n) is 4.54. The second kappa shape index (κ2) is 7.04. The SMILES string of the molecule is CC(NCC(O)c1c(Cl)cccc1Cl)c1ccccn1. The number of benzene rings is 1. The molecule has 0 amide bonds. The number of nitrogens with one attached hydrogen (secondary N) is 1. The molecule has 0 fully saturated rings. The average Bonchev–Trinajstić information content (AvgIpc) is 2.45. The molecule has 0 saturated carbocycles. The molecule has 20 heavy (non-hydrogen) atoms. The fourth-order valence-electron chi connectivity index (χ4n) is 1.96. The van der Waals surface area contributed by atoms with Gasteiger partial charge in [0.2, 0.25) is 0 Å². The van der Waals surface area contributed by atoms with Crippen LogP contribution in [0.3, 0.4) is 0 Å². The van der Waals surface area contributed by atoms with Gasteiger partial charge in [-0.05, 0) is 31.2 Å². The van der Waals surface area contributed by atoms with Crippen molar-refractivity contribution in [3.63, 3.8) is 0 Å². The molecule has 1 aromatic heterocycles. The molecule has 2 atom stereocenters. The number of aromatic nitrogens is 1. The third-order valence-electron chi connectivity index (χ3n) is 3.08. The van der Waals surface area contributed by atoms with E-state index < -0.39 is 6.10 Å². The van der Waals surface area contributed by atoms with Crippen molar-refractivity contribution in [3.8, 4) is 0 Å². The van der Waals surface area contributed by atoms with Gasteiger partial charge in [-0.25, -0.2) is 0 Å². The van der Waals surface area contributed by atoms with E-state index in [9.17, 15) is 5.11 Å². The number of halogens is 2. The first kappa shape index (κ1) is 15.3. The van der Waals surface area contributed by atoms with Crippen LogP contribution in [0.2, 0.25) is 10.0 Å². The predicted octanol–water partition coefficient (Wildman–Crippen LogP) is 3.77. The minimum absolute atomic E-state index is 0.0344. The van der Waals surface area contributed by atoms with Crippen molar-refractivity contribution in [1.29, 1.82) is 0 Å². The van der Waals surface area contributed by atoms with E-state index in [1.165, 1.54) is 0 Å². The van der Waals surface area contributed by atoms with Gasteiger partial charge in [0.1, 0.15) is 0 Å². The van der Waals surface area contributed by atoms with Crippen molar-refractivity contribution in [2.45, 2.75) is 19.1 Å². The van der Waals surface area contributed by atoms with Gasteiger partial charge in [-0.15, -0.1) is 0 Å². The first-order valence-electron chi connectivity index (χ1n) is 6.36. The van der Waals surface area contributed by atoms with Gasteiger partial charge in [0, 0.05) is 34.4 Å². The van der Waals surface area contributed by atoms with Gasteiger partial charge in [-0.2, -0.15) is 0 Å². The standard InChI is InChI=1S/C15H16Cl2N2O/c1-10(13-7-2-3-8-18-13)19-9-14(20)15-11(16)5-4-6-12(15)17/h2-8,10,14,19-20H,9H2,1H3. The first-order valence-corrected chi connectivity index (χ1v) is 7.11. The Morgan fingerprint density at radius 1 is 1.15 bits per heavy atom. The summed E-state index contributed by atoms with van der Waals surface area (Å²) in [5.74, 6) is 0. The fraction of sp³-hybridized carbons (Fsp3) is 0.267. The number of rotatable bonds is 5. The van der Waals surface area contributed by atoms with E-state index in [0.29, 0.717) is 22.2 Å². The van der Waals surface area contributed by atoms with Gasteiger partial charge in [0.25, 0.3) is 0 Å². The molecular weight excluding hydrogens is 295 g/mol. The number of aliphatic hydroxyl groups excluding tert-OH is 1. The minimum Gasteiger partial charge on any atom is -0.387 e. The van der Waals surface area contributed by atoms with Crippen molar-refractivity contribution in [2.24, 2.45) is 0 Å². The van der Waals surface area contributed by atoms with Crippen LogP contribution >= 0.6 is 23.2 Å². The maximum absolute atomic E-state index is 10.2. The van der Waals surface area contributed by atoms with Gasteiger partial charge < -0.3 is 10.4 Å². The Kier molecular flexibility index (Phi) is 5.38. The number of hydrogen-bond acceptors (Lipinski definition) is 3. The Hall–Kier alpha value is -1.13. The third kappa shape index (κ3) is 3.70. The lowest BCUT2D eigenvalue weighted by molar-refractivity contribution is 0.170. The number of hydrogen-bond donors (Lipinski definition) is 2. The zero-order valence-electron chi connectivity index (χ0n) is 11.1. The van der Waals surface area contributed by atoms with Crippen molar-refractivity contribution >= 4 is 23.2 Å². The van der Waals surface area contributed by atoms with Crippen molar-refractivity contribution in [1.82, 2.24) is 10.3 Å². The van der Waals surface area contributed by atoms with E-state index in [1.54, 1.807) is 24.4 Å². The highest BCUT2D eigenvalue weighted by Gasteiger charge is 2.16. The quantitative estimate of drug-likeness (QED) is 0.883. The Balaban J connectivity index is 2.00. The molecule has 0 radical (unpaired) electrons. The summed E-state index contributed by atoms with van der Waals surface area (Å²) in [7, 11) is 0. The Bertz CT molecular complexity index is 543. The number of pyridine rings is 1. The Labute approximate surface area is 128 Å². The van der Waals surface area contributed by atoms with Crippen molar-refractivity contribution in [3.05, 3.63) is 63.9 Å². The molecule has 1 aromatic carbocycles. The highest BCUT2D eigenvalue weighted by molar-refractivity contribution is 6.36. The van der Waals surface area contributed by atoms with Crippen LogP contribution in [0, 0.1) is 0 Å². The molecule has 0 aliphatic rings. The Morgan fingerprint density at radius 3 is 2.45 bits per heavy atom. The number of nitrogens with zero attached hydrogens (tertiary/aromatic N) is 1. The molecule has 2 N–H and O–H groups in total. The predicted molar refractivity (Wildman–Crippen MR) is 82.1 cm³/mol. The molecule has 0 aliphatic heterocycles. The third-order valence-corrected chi connectivity index (χ3v) is 3.74. The summed E-state index contributed by atoms with van der Waals surface area (Å²) in [5.41, 5.74) is 1.47. The summed E-state index contributed by atoms with van der Waals surface area (Å²) in [6, 6.07) is 11.0. The minimum atomic E-state index is -0.762. The molecular formula is C15H16Cl2N2O. The maximum Gasteiger partial charge on any atom is 0.0943 e. The molecule has 5 heteroatoms. The van der Waals surface area contributed by atoms with E-state index in [0.717, 1.165) is 5.69 Å². The Morgan fingerprint density at radius 2 is 1.85 bits per heavy atom. The lowest BCUT2D eigenvalue weighted by Gasteiger charge is -2.18. The second-order valence-corrected chi connectivity index (χ2v) is 5.35. The molecule has 106 valence electrons. The number of aliphatic hydroxyl groups is 1. The van der Waals surface area contributed by atoms with Crippen LogP contribution in [0.25, 0.3) is 0 Å². The summed E-state index contributed by atoms with van der Waals surface area (Å²) < 4.78 is 0. The molecule has 2 aromatic rings. The maximum atomic E-state index is 10.2. The smallest absolute Gasteiger partial charge is 0.0943 e. The fourth-order valence-corrected chi connectivity index (χ4v) is 2.61. The van der Waals surface area contributed by atoms with Crippen LogP contribution in [0.1, 0.15) is 30.3 Å². The molecule has 0 aliphatic carbocycles. The zero-order valence-corrected chi connectivity index (χ0v) is 12.6. The van der Waals surface area contributed by atoms with Crippen LogP contribution in [0.4, 0.5) is 0 Å². The summed E-state index contributed by atoms with van der Waals surface area (Å²) in [4.78, 5) is 4.27. The van der Waals surface area contributed by atoms with Gasteiger partial charge in [-0.1, -0.05) is 35.3 Å². The van der Waals surface area contributed by atoms with E-state index in [-0.39, 0.29) is 6.04 Å². The van der Waals surface area contributed by atoms with Gasteiger partial charge in [0.05, 0.1) is 11.8 Å². The normalized spacial score (nSPS) is 14.0. The van der Waals surface area contributed by atoms with Crippen molar-refractivity contribution in [2.75, 3.05) is 6.54 Å². The summed E-state index contributed by atoms with van der Waals surface area (Å²) in [6.45, 7) is 2.34. The molecule has 1 heterocycles. The topological polar surface area (TPSA) is 45.1 Å².